The molecule has 0 atom stereocenters. The molecular formula is C27H32FN5O3. The van der Waals surface area contributed by atoms with E-state index in [1.54, 1.807) is 25.3 Å². The zero-order chi connectivity index (χ0) is 26.1. The van der Waals surface area contributed by atoms with E-state index in [0.29, 0.717) is 17.1 Å². The maximum atomic E-state index is 14.5. The molecule has 0 saturated carbocycles. The molecule has 3 heterocycles. The lowest BCUT2D eigenvalue weighted by atomic mass is 9.74. The Morgan fingerprint density at radius 3 is 2.47 bits per heavy atom. The predicted molar refractivity (Wildman–Crippen MR) is 135 cm³/mol. The zero-order valence-electron chi connectivity index (χ0n) is 21.1. The number of amides is 1. The molecule has 2 N–H and O–H groups in total. The highest BCUT2D eigenvalue weighted by atomic mass is 19.1. The number of carboxylic acid groups (broad SMARTS) is 1. The van der Waals surface area contributed by atoms with E-state index in [9.17, 15) is 19.1 Å². The van der Waals surface area contributed by atoms with E-state index < -0.39 is 23.1 Å². The molecule has 3 aromatic rings. The summed E-state index contributed by atoms with van der Waals surface area (Å²) in [4.78, 5) is 31.5. The van der Waals surface area contributed by atoms with Gasteiger partial charge in [0.2, 0.25) is 0 Å². The second kappa shape index (κ2) is 9.72. The minimum atomic E-state index is -1.05. The zero-order valence-corrected chi connectivity index (χ0v) is 21.1. The molecule has 1 saturated heterocycles. The van der Waals surface area contributed by atoms with Crippen LogP contribution in [0.5, 0.6) is 0 Å². The van der Waals surface area contributed by atoms with Crippen molar-refractivity contribution >= 4 is 23.5 Å². The van der Waals surface area contributed by atoms with Gasteiger partial charge < -0.3 is 15.3 Å². The number of hydrogen-bond donors (Lipinski definition) is 2. The first-order chi connectivity index (χ1) is 17.0. The Hall–Kier alpha value is -3.75. The number of benzene rings is 1. The van der Waals surface area contributed by atoms with Gasteiger partial charge in [-0.2, -0.15) is 5.10 Å². The summed E-state index contributed by atoms with van der Waals surface area (Å²) in [5.41, 5.74) is -0.200. The molecule has 0 bridgehead atoms. The van der Waals surface area contributed by atoms with Crippen molar-refractivity contribution in [3.63, 3.8) is 0 Å². The van der Waals surface area contributed by atoms with Gasteiger partial charge in [0.1, 0.15) is 17.5 Å². The molecule has 0 aliphatic carbocycles. The highest BCUT2D eigenvalue weighted by molar-refractivity contribution is 5.95. The molecule has 9 heteroatoms. The molecule has 36 heavy (non-hydrogen) atoms. The number of aliphatic carboxylic acids is 1. The van der Waals surface area contributed by atoms with E-state index in [1.165, 1.54) is 11.0 Å². The van der Waals surface area contributed by atoms with Gasteiger partial charge in [-0.3, -0.25) is 9.59 Å². The quantitative estimate of drug-likeness (QED) is 0.513. The third kappa shape index (κ3) is 5.10. The van der Waals surface area contributed by atoms with Crippen LogP contribution < -0.4 is 5.32 Å². The van der Waals surface area contributed by atoms with Crippen LogP contribution in [0.3, 0.4) is 0 Å². The molecule has 1 fully saturated rings. The summed E-state index contributed by atoms with van der Waals surface area (Å²) in [5.74, 6) is -0.465. The average molecular weight is 494 g/mol. The van der Waals surface area contributed by atoms with Crippen LogP contribution in [0.25, 0.3) is 0 Å². The SMILES string of the molecule is Cc1cccc(C(=O)N2CCC(Cc3cccc(Nc4ccnn4C(C)(C)C)n3)(C(=O)O)CC2)c1F. The molecule has 1 aromatic carbocycles. The predicted octanol–water partition coefficient (Wildman–Crippen LogP) is 4.77. The van der Waals surface area contributed by atoms with E-state index in [2.05, 4.69) is 36.2 Å². The third-order valence-corrected chi connectivity index (χ3v) is 6.74. The number of nitrogens with one attached hydrogen (secondary N) is 1. The van der Waals surface area contributed by atoms with Gasteiger partial charge in [0.15, 0.2) is 0 Å². The minimum absolute atomic E-state index is 0.0211. The number of carbonyl (C=O) groups is 2. The van der Waals surface area contributed by atoms with Crippen molar-refractivity contribution in [3.05, 3.63) is 71.3 Å². The fraction of sp³-hybridized carbons (Fsp3) is 0.407. The molecule has 1 aliphatic heterocycles. The molecule has 1 aliphatic rings. The van der Waals surface area contributed by atoms with Crippen molar-refractivity contribution in [2.45, 2.75) is 52.5 Å². The molecular weight excluding hydrogens is 461 g/mol. The second-order valence-electron chi connectivity index (χ2n) is 10.4. The summed E-state index contributed by atoms with van der Waals surface area (Å²) in [6.45, 7) is 8.25. The molecule has 8 nitrogen and oxygen atoms in total. The Labute approximate surface area is 210 Å². The highest BCUT2D eigenvalue weighted by Gasteiger charge is 2.43. The first kappa shape index (κ1) is 25.3. The van der Waals surface area contributed by atoms with E-state index in [1.807, 2.05) is 28.9 Å². The van der Waals surface area contributed by atoms with Gasteiger partial charge in [0.05, 0.1) is 22.7 Å². The number of rotatable bonds is 6. The fourth-order valence-corrected chi connectivity index (χ4v) is 4.65. The largest absolute Gasteiger partial charge is 0.481 e. The number of anilines is 2. The van der Waals surface area contributed by atoms with Crippen LogP contribution in [0.2, 0.25) is 0 Å². The van der Waals surface area contributed by atoms with Crippen LogP contribution in [-0.2, 0) is 16.8 Å². The van der Waals surface area contributed by atoms with Crippen LogP contribution in [-0.4, -0.2) is 49.7 Å². The standard InChI is InChI=1S/C27H32FN5O3/c1-18-7-5-9-20(23(18)28)24(34)32-15-12-27(13-16-32,25(35)36)17-19-8-6-10-21(30-19)31-22-11-14-29-33(22)26(2,3)4/h5-11,14H,12-13,15-17H2,1-4H3,(H,30,31)(H,35,36). The number of piperidine rings is 1. The molecule has 0 unspecified atom stereocenters. The van der Waals surface area contributed by atoms with Gasteiger partial charge in [-0.25, -0.2) is 14.1 Å². The van der Waals surface area contributed by atoms with Crippen molar-refractivity contribution < 1.29 is 19.1 Å². The van der Waals surface area contributed by atoms with Gasteiger partial charge in [-0.1, -0.05) is 18.2 Å². The second-order valence-corrected chi connectivity index (χ2v) is 10.4. The smallest absolute Gasteiger partial charge is 0.310 e. The molecule has 1 amide bonds. The van der Waals surface area contributed by atoms with E-state index in [0.717, 1.165) is 5.82 Å². The monoisotopic (exact) mass is 493 g/mol. The lowest BCUT2D eigenvalue weighted by Crippen LogP contribution is -2.47. The number of aromatic nitrogens is 3. The van der Waals surface area contributed by atoms with E-state index in [-0.39, 0.29) is 43.5 Å². The number of halogens is 1. The number of likely N-dealkylation sites (tertiary alicyclic amines) is 1. The Kier molecular flexibility index (Phi) is 6.84. The summed E-state index contributed by atoms with van der Waals surface area (Å²) in [6.07, 6.45) is 2.47. The number of pyridine rings is 1. The first-order valence-corrected chi connectivity index (χ1v) is 12.1. The number of hydrogen-bond acceptors (Lipinski definition) is 5. The van der Waals surface area contributed by atoms with Crippen molar-refractivity contribution in [2.75, 3.05) is 18.4 Å². The number of nitrogens with zero attached hydrogens (tertiary/aromatic N) is 4. The van der Waals surface area contributed by atoms with Gasteiger partial charge in [-0.05, 0) is 64.3 Å². The number of carbonyl (C=O) groups excluding carboxylic acids is 1. The molecule has 190 valence electrons. The Bertz CT molecular complexity index is 1270. The molecule has 0 spiro atoms. The maximum absolute atomic E-state index is 14.5. The van der Waals surface area contributed by atoms with Crippen molar-refractivity contribution in [2.24, 2.45) is 5.41 Å². The van der Waals surface area contributed by atoms with Crippen LogP contribution in [0.1, 0.15) is 55.2 Å². The van der Waals surface area contributed by atoms with Crippen molar-refractivity contribution in [3.8, 4) is 0 Å². The van der Waals surface area contributed by atoms with Gasteiger partial charge in [0.25, 0.3) is 5.91 Å². The first-order valence-electron chi connectivity index (χ1n) is 12.1. The number of aryl methyl sites for hydroxylation is 1. The highest BCUT2D eigenvalue weighted by Crippen LogP contribution is 2.36. The van der Waals surface area contributed by atoms with Crippen LogP contribution in [0.4, 0.5) is 16.0 Å². The van der Waals surface area contributed by atoms with E-state index >= 15 is 0 Å². The Morgan fingerprint density at radius 1 is 1.11 bits per heavy atom. The summed E-state index contributed by atoms with van der Waals surface area (Å²) < 4.78 is 16.3. The van der Waals surface area contributed by atoms with Gasteiger partial charge in [0, 0.05) is 31.3 Å². The van der Waals surface area contributed by atoms with Crippen LogP contribution in [0, 0.1) is 18.2 Å². The fourth-order valence-electron chi connectivity index (χ4n) is 4.65. The van der Waals surface area contributed by atoms with Crippen LogP contribution >= 0.6 is 0 Å². The molecule has 0 radical (unpaired) electrons. The van der Waals surface area contributed by atoms with Crippen LogP contribution in [0.15, 0.2) is 48.7 Å². The Balaban J connectivity index is 1.48. The summed E-state index contributed by atoms with van der Waals surface area (Å²) in [6, 6.07) is 12.1. The maximum Gasteiger partial charge on any atom is 0.310 e. The van der Waals surface area contributed by atoms with Gasteiger partial charge in [-0.15, -0.1) is 0 Å². The topological polar surface area (TPSA) is 100 Å². The summed E-state index contributed by atoms with van der Waals surface area (Å²) in [5, 5.41) is 17.8. The minimum Gasteiger partial charge on any atom is -0.481 e. The number of carboxylic acids is 1. The Morgan fingerprint density at radius 2 is 1.81 bits per heavy atom. The average Bonchev–Trinajstić information content (AvgIpc) is 3.30. The lowest BCUT2D eigenvalue weighted by molar-refractivity contribution is -0.151. The van der Waals surface area contributed by atoms with Gasteiger partial charge >= 0.3 is 5.97 Å². The molecule has 4 rings (SSSR count). The van der Waals surface area contributed by atoms with Crippen molar-refractivity contribution in [1.29, 1.82) is 0 Å². The molecule has 2 aromatic heterocycles. The van der Waals surface area contributed by atoms with Crippen molar-refractivity contribution in [1.82, 2.24) is 19.7 Å². The van der Waals surface area contributed by atoms with E-state index in [4.69, 9.17) is 0 Å². The summed E-state index contributed by atoms with van der Waals surface area (Å²) >= 11 is 0. The third-order valence-electron chi connectivity index (χ3n) is 6.74. The summed E-state index contributed by atoms with van der Waals surface area (Å²) in [7, 11) is 0. The lowest BCUT2D eigenvalue weighted by Gasteiger charge is -2.39. The normalized spacial score (nSPS) is 15.5.